The van der Waals surface area contributed by atoms with Gasteiger partial charge in [-0.2, -0.15) is 0 Å². The predicted molar refractivity (Wildman–Crippen MR) is 84.3 cm³/mol. The number of likely N-dealkylation sites (N-methyl/N-ethyl adjacent to an activating group) is 1. The summed E-state index contributed by atoms with van der Waals surface area (Å²) in [7, 11) is 0. The van der Waals surface area contributed by atoms with Crippen LogP contribution >= 0.6 is 0 Å². The number of ether oxygens (including phenoxy) is 1. The normalized spacial score (nSPS) is 17.2. The molecule has 0 radical (unpaired) electrons. The first-order valence-electron chi connectivity index (χ1n) is 7.89. The molecule has 4 heteroatoms. The van der Waals surface area contributed by atoms with Gasteiger partial charge < -0.3 is 15.8 Å². The predicted octanol–water partition coefficient (Wildman–Crippen LogP) is 2.26. The van der Waals surface area contributed by atoms with E-state index in [1.807, 2.05) is 19.1 Å². The molecule has 1 aliphatic carbocycles. The highest BCUT2D eigenvalue weighted by Crippen LogP contribution is 2.40. The molecule has 1 saturated carbocycles. The van der Waals surface area contributed by atoms with Crippen LogP contribution in [0.3, 0.4) is 0 Å². The zero-order valence-electron chi connectivity index (χ0n) is 13.0. The number of primary amides is 1. The fourth-order valence-corrected chi connectivity index (χ4v) is 2.80. The van der Waals surface area contributed by atoms with E-state index in [4.69, 9.17) is 10.5 Å². The summed E-state index contributed by atoms with van der Waals surface area (Å²) in [6.45, 7) is 5.16. The van der Waals surface area contributed by atoms with Crippen LogP contribution in [0.1, 0.15) is 38.7 Å². The van der Waals surface area contributed by atoms with Gasteiger partial charge >= 0.3 is 0 Å². The van der Waals surface area contributed by atoms with Crippen LogP contribution in [0.2, 0.25) is 0 Å². The van der Waals surface area contributed by atoms with Gasteiger partial charge in [-0.3, -0.25) is 4.79 Å². The molecular weight excluding hydrogens is 264 g/mol. The van der Waals surface area contributed by atoms with Crippen LogP contribution in [0.5, 0.6) is 5.75 Å². The van der Waals surface area contributed by atoms with E-state index in [0.29, 0.717) is 19.1 Å². The summed E-state index contributed by atoms with van der Waals surface area (Å²) in [6.07, 6.45) is 4.28. The number of aryl methyl sites for hydroxylation is 1. The Hall–Kier alpha value is -1.55. The second kappa shape index (κ2) is 6.94. The minimum atomic E-state index is -0.725. The molecule has 4 nitrogen and oxygen atoms in total. The highest BCUT2D eigenvalue weighted by atomic mass is 16.5. The van der Waals surface area contributed by atoms with Crippen molar-refractivity contribution >= 4 is 5.91 Å². The van der Waals surface area contributed by atoms with Gasteiger partial charge in [0.1, 0.15) is 17.9 Å². The van der Waals surface area contributed by atoms with Gasteiger partial charge in [-0.05, 0) is 49.4 Å². The first-order valence-corrected chi connectivity index (χ1v) is 7.89. The topological polar surface area (TPSA) is 64.3 Å². The Labute approximate surface area is 127 Å². The summed E-state index contributed by atoms with van der Waals surface area (Å²) in [4.78, 5) is 11.9. The van der Waals surface area contributed by atoms with Crippen molar-refractivity contribution in [3.05, 3.63) is 29.8 Å². The third-order valence-electron chi connectivity index (χ3n) is 4.13. The molecule has 1 aliphatic rings. The molecule has 0 saturated heterocycles. The largest absolute Gasteiger partial charge is 0.491 e. The SMILES string of the molecule is CCCc1ccc(OCC(NCC)(C(N)=O)C2CC2)cc1. The van der Waals surface area contributed by atoms with Gasteiger partial charge in [0.05, 0.1) is 0 Å². The maximum Gasteiger partial charge on any atom is 0.241 e. The molecule has 0 bridgehead atoms. The van der Waals surface area contributed by atoms with Crippen LogP contribution in [0.25, 0.3) is 0 Å². The van der Waals surface area contributed by atoms with Gasteiger partial charge in [-0.15, -0.1) is 0 Å². The summed E-state index contributed by atoms with van der Waals surface area (Å²) >= 11 is 0. The summed E-state index contributed by atoms with van der Waals surface area (Å²) in [5.41, 5.74) is 6.23. The van der Waals surface area contributed by atoms with Crippen LogP contribution in [-0.2, 0) is 11.2 Å². The average molecular weight is 290 g/mol. The Morgan fingerprint density at radius 3 is 2.48 bits per heavy atom. The molecule has 1 amide bonds. The van der Waals surface area contributed by atoms with Crippen LogP contribution in [-0.4, -0.2) is 24.6 Å². The Morgan fingerprint density at radius 1 is 1.33 bits per heavy atom. The number of carbonyl (C=O) groups is 1. The van der Waals surface area contributed by atoms with Crippen LogP contribution in [0, 0.1) is 5.92 Å². The fraction of sp³-hybridized carbons (Fsp3) is 0.588. The number of hydrogen-bond donors (Lipinski definition) is 2. The van der Waals surface area contributed by atoms with E-state index in [1.54, 1.807) is 0 Å². The van der Waals surface area contributed by atoms with Crippen LogP contribution < -0.4 is 15.8 Å². The number of rotatable bonds is 9. The van der Waals surface area contributed by atoms with Gasteiger partial charge in [0.2, 0.25) is 5.91 Å². The Balaban J connectivity index is 2.02. The third kappa shape index (κ3) is 3.76. The Bertz CT molecular complexity index is 468. The molecule has 1 unspecified atom stereocenters. The number of benzene rings is 1. The molecule has 1 aromatic rings. The Kier molecular flexibility index (Phi) is 5.23. The molecule has 0 spiro atoms. The van der Waals surface area contributed by atoms with Gasteiger partial charge in [0.15, 0.2) is 0 Å². The summed E-state index contributed by atoms with van der Waals surface area (Å²) in [6, 6.07) is 8.09. The first-order chi connectivity index (χ1) is 10.1. The van der Waals surface area contributed by atoms with E-state index >= 15 is 0 Å². The number of nitrogens with two attached hydrogens (primary N) is 1. The van der Waals surface area contributed by atoms with Crippen molar-refractivity contribution in [3.8, 4) is 5.75 Å². The lowest BCUT2D eigenvalue weighted by Crippen LogP contribution is -2.61. The van der Waals surface area contributed by atoms with Crippen molar-refractivity contribution in [1.82, 2.24) is 5.32 Å². The number of hydrogen-bond acceptors (Lipinski definition) is 3. The van der Waals surface area contributed by atoms with Crippen molar-refractivity contribution in [2.75, 3.05) is 13.2 Å². The fourth-order valence-electron chi connectivity index (χ4n) is 2.80. The van der Waals surface area contributed by atoms with Crippen molar-refractivity contribution in [2.24, 2.45) is 11.7 Å². The van der Waals surface area contributed by atoms with Gasteiger partial charge in [-0.1, -0.05) is 32.4 Å². The smallest absolute Gasteiger partial charge is 0.241 e. The number of carbonyl (C=O) groups excluding carboxylic acids is 1. The highest BCUT2D eigenvalue weighted by Gasteiger charge is 2.50. The molecule has 116 valence electrons. The summed E-state index contributed by atoms with van der Waals surface area (Å²) in [5, 5.41) is 3.26. The Morgan fingerprint density at radius 2 is 2.00 bits per heavy atom. The maximum atomic E-state index is 11.9. The molecule has 1 fully saturated rings. The number of nitrogens with one attached hydrogen (secondary N) is 1. The van der Waals surface area contributed by atoms with Gasteiger partial charge in [0, 0.05) is 0 Å². The standard InChI is InChI=1S/C17H26N2O2/c1-3-5-13-6-10-15(11-7-13)21-12-17(16(18)20,19-4-2)14-8-9-14/h6-7,10-11,14,19H,3-5,8-9,12H2,1-2H3,(H2,18,20). The quantitative estimate of drug-likeness (QED) is 0.733. The molecule has 0 aromatic heterocycles. The lowest BCUT2D eigenvalue weighted by atomic mass is 9.93. The monoisotopic (exact) mass is 290 g/mol. The van der Waals surface area contributed by atoms with E-state index in [1.165, 1.54) is 5.56 Å². The molecule has 0 aliphatic heterocycles. The first kappa shape index (κ1) is 15.8. The van der Waals surface area contributed by atoms with Crippen molar-refractivity contribution in [2.45, 2.75) is 45.1 Å². The van der Waals surface area contributed by atoms with Crippen molar-refractivity contribution in [1.29, 1.82) is 0 Å². The minimum Gasteiger partial charge on any atom is -0.491 e. The number of amides is 1. The van der Waals surface area contributed by atoms with Gasteiger partial charge in [0.25, 0.3) is 0 Å². The molecule has 0 heterocycles. The lowest BCUT2D eigenvalue weighted by Gasteiger charge is -2.31. The third-order valence-corrected chi connectivity index (χ3v) is 4.13. The summed E-state index contributed by atoms with van der Waals surface area (Å²) in [5.74, 6) is 0.780. The lowest BCUT2D eigenvalue weighted by molar-refractivity contribution is -0.126. The van der Waals surface area contributed by atoms with Crippen molar-refractivity contribution < 1.29 is 9.53 Å². The average Bonchev–Trinajstić information content (AvgIpc) is 3.30. The van der Waals surface area contributed by atoms with E-state index in [0.717, 1.165) is 31.4 Å². The zero-order valence-corrected chi connectivity index (χ0v) is 13.0. The molecule has 2 rings (SSSR count). The summed E-state index contributed by atoms with van der Waals surface area (Å²) < 4.78 is 5.86. The molecule has 21 heavy (non-hydrogen) atoms. The minimum absolute atomic E-state index is 0.300. The molecule has 1 atom stereocenters. The zero-order chi connectivity index (χ0) is 15.3. The molecule has 1 aromatic carbocycles. The van der Waals surface area contributed by atoms with E-state index in [2.05, 4.69) is 24.4 Å². The molecular formula is C17H26N2O2. The van der Waals surface area contributed by atoms with Crippen molar-refractivity contribution in [3.63, 3.8) is 0 Å². The van der Waals surface area contributed by atoms with E-state index in [9.17, 15) is 4.79 Å². The van der Waals surface area contributed by atoms with Crippen LogP contribution in [0.15, 0.2) is 24.3 Å². The van der Waals surface area contributed by atoms with Crippen LogP contribution in [0.4, 0.5) is 0 Å². The van der Waals surface area contributed by atoms with E-state index in [-0.39, 0.29) is 5.91 Å². The van der Waals surface area contributed by atoms with E-state index < -0.39 is 5.54 Å². The second-order valence-corrected chi connectivity index (χ2v) is 5.82. The highest BCUT2D eigenvalue weighted by molar-refractivity contribution is 5.85. The maximum absolute atomic E-state index is 11.9. The molecule has 3 N–H and O–H groups in total. The van der Waals surface area contributed by atoms with Gasteiger partial charge in [-0.25, -0.2) is 0 Å². The second-order valence-electron chi connectivity index (χ2n) is 5.82.